The maximum atomic E-state index is 2.47. The van der Waals surface area contributed by atoms with Crippen LogP contribution in [0.5, 0.6) is 0 Å². The lowest BCUT2D eigenvalue weighted by molar-refractivity contribution is 0.666. The van der Waals surface area contributed by atoms with Gasteiger partial charge in [0.05, 0.1) is 0 Å². The summed E-state index contributed by atoms with van der Waals surface area (Å²) in [5, 5.41) is 7.81. The predicted octanol–water partition coefficient (Wildman–Crippen LogP) is 17.5. The van der Waals surface area contributed by atoms with Crippen LogP contribution < -0.4 is 0 Å². The van der Waals surface area contributed by atoms with Gasteiger partial charge >= 0.3 is 0 Å². The quantitative estimate of drug-likeness (QED) is 0.157. The molecule has 10 rings (SSSR count). The summed E-state index contributed by atoms with van der Waals surface area (Å²) in [5.41, 5.74) is 17.1. The van der Waals surface area contributed by atoms with Crippen molar-refractivity contribution in [1.82, 2.24) is 0 Å². The van der Waals surface area contributed by atoms with Crippen LogP contribution in [0.2, 0.25) is 0 Å². The molecule has 9 aromatic carbocycles. The second kappa shape index (κ2) is 17.7. The molecule has 0 heteroatoms. The second-order valence-corrected chi connectivity index (χ2v) is 16.1. The molecule has 1 aliphatic carbocycles. The molecule has 0 radical (unpaired) electrons. The van der Waals surface area contributed by atoms with E-state index in [9.17, 15) is 0 Å². The fourth-order valence-electron chi connectivity index (χ4n) is 9.00. The smallest absolute Gasteiger partial charge is 0.0165 e. The highest BCUT2D eigenvalue weighted by Crippen LogP contribution is 2.53. The monoisotopic (exact) mass is 766 g/mol. The van der Waals surface area contributed by atoms with Crippen molar-refractivity contribution >= 4 is 32.3 Å². The molecular formula is C59H58. The SMILES string of the molecule is CC.CCC.Cc1ccccc1.Cc1ccccc1-c1cc(-c2c3ccccc3c(-c3ccc4c(c3)-c3ccc5ccccc5c3C4(C)C)c3ccccc23)ccc1C. The van der Waals surface area contributed by atoms with E-state index >= 15 is 0 Å². The molecule has 0 aliphatic heterocycles. The average Bonchev–Trinajstić information content (AvgIpc) is 3.50. The van der Waals surface area contributed by atoms with E-state index in [1.165, 1.54) is 111 Å². The molecule has 0 atom stereocenters. The first-order valence-corrected chi connectivity index (χ1v) is 21.5. The van der Waals surface area contributed by atoms with E-state index in [0.29, 0.717) is 0 Å². The van der Waals surface area contributed by atoms with Gasteiger partial charge in [0.2, 0.25) is 0 Å². The Balaban J connectivity index is 0.000000388. The van der Waals surface area contributed by atoms with Crippen molar-refractivity contribution in [3.8, 4) is 44.5 Å². The highest BCUT2D eigenvalue weighted by molar-refractivity contribution is 6.21. The van der Waals surface area contributed by atoms with E-state index in [-0.39, 0.29) is 5.41 Å². The minimum Gasteiger partial charge on any atom is -0.0683 e. The third kappa shape index (κ3) is 7.73. The van der Waals surface area contributed by atoms with Gasteiger partial charge in [0.25, 0.3) is 0 Å². The van der Waals surface area contributed by atoms with E-state index in [1.54, 1.807) is 0 Å². The zero-order chi connectivity index (χ0) is 41.7. The Morgan fingerprint density at radius 3 is 1.39 bits per heavy atom. The number of hydrogen-bond acceptors (Lipinski definition) is 0. The highest BCUT2D eigenvalue weighted by Gasteiger charge is 2.37. The van der Waals surface area contributed by atoms with Gasteiger partial charge in [-0.25, -0.2) is 0 Å². The van der Waals surface area contributed by atoms with Gasteiger partial charge in [0.1, 0.15) is 0 Å². The molecule has 0 spiro atoms. The molecule has 0 unspecified atom stereocenters. The van der Waals surface area contributed by atoms with Crippen molar-refractivity contribution in [1.29, 1.82) is 0 Å². The van der Waals surface area contributed by atoms with E-state index in [0.717, 1.165) is 0 Å². The van der Waals surface area contributed by atoms with Gasteiger partial charge < -0.3 is 0 Å². The summed E-state index contributed by atoms with van der Waals surface area (Å²) < 4.78 is 0. The fraction of sp³-hybridized carbons (Fsp3) is 0.186. The van der Waals surface area contributed by atoms with Crippen LogP contribution in [0.15, 0.2) is 176 Å². The van der Waals surface area contributed by atoms with Gasteiger partial charge in [-0.2, -0.15) is 0 Å². The third-order valence-electron chi connectivity index (χ3n) is 11.7. The van der Waals surface area contributed by atoms with Crippen LogP contribution in [0.3, 0.4) is 0 Å². The predicted molar refractivity (Wildman–Crippen MR) is 261 cm³/mol. The Morgan fingerprint density at radius 1 is 0.390 bits per heavy atom. The Labute approximate surface area is 353 Å². The van der Waals surface area contributed by atoms with E-state index < -0.39 is 0 Å². The minimum absolute atomic E-state index is 0.0711. The summed E-state index contributed by atoms with van der Waals surface area (Å²) in [6, 6.07) is 64.7. The lowest BCUT2D eigenvalue weighted by atomic mass is 9.79. The molecule has 0 N–H and O–H groups in total. The second-order valence-electron chi connectivity index (χ2n) is 16.1. The van der Waals surface area contributed by atoms with Crippen molar-refractivity contribution in [2.45, 2.75) is 74.1 Å². The van der Waals surface area contributed by atoms with Gasteiger partial charge in [-0.15, -0.1) is 0 Å². The number of fused-ring (bicyclic) bond motifs is 7. The summed E-state index contributed by atoms with van der Waals surface area (Å²) in [4.78, 5) is 0. The van der Waals surface area contributed by atoms with E-state index in [2.05, 4.69) is 206 Å². The van der Waals surface area contributed by atoms with Crippen LogP contribution in [0, 0.1) is 20.8 Å². The summed E-state index contributed by atoms with van der Waals surface area (Å²) >= 11 is 0. The first kappa shape index (κ1) is 40.9. The lowest BCUT2D eigenvalue weighted by Crippen LogP contribution is -2.15. The number of aryl methyl sites for hydroxylation is 3. The maximum absolute atomic E-state index is 2.47. The molecule has 0 saturated heterocycles. The van der Waals surface area contributed by atoms with Crippen LogP contribution in [-0.4, -0.2) is 0 Å². The molecule has 9 aromatic rings. The summed E-state index contributed by atoms with van der Waals surface area (Å²) in [6.45, 7) is 19.5. The topological polar surface area (TPSA) is 0 Å². The molecular weight excluding hydrogens is 709 g/mol. The maximum Gasteiger partial charge on any atom is 0.0165 e. The molecule has 0 amide bonds. The fourth-order valence-corrected chi connectivity index (χ4v) is 9.00. The summed E-state index contributed by atoms with van der Waals surface area (Å²) in [5.74, 6) is 0. The largest absolute Gasteiger partial charge is 0.0683 e. The van der Waals surface area contributed by atoms with Crippen LogP contribution in [0.4, 0.5) is 0 Å². The van der Waals surface area contributed by atoms with Crippen LogP contribution >= 0.6 is 0 Å². The van der Waals surface area contributed by atoms with Crippen molar-refractivity contribution in [3.63, 3.8) is 0 Å². The Morgan fingerprint density at radius 2 is 0.847 bits per heavy atom. The molecule has 0 nitrogen and oxygen atoms in total. The number of benzene rings is 9. The zero-order valence-corrected chi connectivity index (χ0v) is 36.5. The van der Waals surface area contributed by atoms with Crippen molar-refractivity contribution in [2.24, 2.45) is 0 Å². The normalized spacial score (nSPS) is 12.0. The van der Waals surface area contributed by atoms with E-state index in [4.69, 9.17) is 0 Å². The molecule has 0 bridgehead atoms. The summed E-state index contributed by atoms with van der Waals surface area (Å²) in [7, 11) is 0. The standard InChI is InChI=1S/C47H36.C7H8.C3H8.C2H6/c1-29-13-5-7-15-34(29)41-27-32(22-21-30(41)2)44-36-17-9-11-19-38(36)45(39-20-12-10-18-37(39)44)33-24-26-43-42(28-33)40-25-23-31-14-6-8-16-35(31)46(40)47(43,3)4;1-7-5-3-2-4-6-7;1-3-2;1-2/h5-28H,1-4H3;2-6H,1H3;3H2,1-2H3;1-2H3. The van der Waals surface area contributed by atoms with Gasteiger partial charge in [-0.1, -0.05) is 217 Å². The molecule has 0 heterocycles. The van der Waals surface area contributed by atoms with E-state index in [1.807, 2.05) is 32.0 Å². The minimum atomic E-state index is -0.0711. The molecule has 294 valence electrons. The van der Waals surface area contributed by atoms with Gasteiger partial charge in [-0.05, 0) is 132 Å². The van der Waals surface area contributed by atoms with Crippen molar-refractivity contribution < 1.29 is 0 Å². The van der Waals surface area contributed by atoms with Crippen LogP contribution in [-0.2, 0) is 5.41 Å². The molecule has 59 heavy (non-hydrogen) atoms. The molecule has 0 fully saturated rings. The van der Waals surface area contributed by atoms with Gasteiger partial charge in [-0.3, -0.25) is 0 Å². The Hall–Kier alpha value is -6.24. The van der Waals surface area contributed by atoms with Crippen molar-refractivity contribution in [2.75, 3.05) is 0 Å². The van der Waals surface area contributed by atoms with Crippen LogP contribution in [0.1, 0.15) is 75.8 Å². The zero-order valence-electron chi connectivity index (χ0n) is 36.5. The lowest BCUT2D eigenvalue weighted by Gasteiger charge is -2.23. The Kier molecular flexibility index (Phi) is 12.3. The van der Waals surface area contributed by atoms with Gasteiger partial charge in [0.15, 0.2) is 0 Å². The number of hydrogen-bond donors (Lipinski definition) is 0. The highest BCUT2D eigenvalue weighted by atomic mass is 14.4. The first-order valence-electron chi connectivity index (χ1n) is 21.5. The Bertz CT molecular complexity index is 2830. The summed E-state index contributed by atoms with van der Waals surface area (Å²) in [6.07, 6.45) is 1.25. The molecule has 0 saturated carbocycles. The third-order valence-corrected chi connectivity index (χ3v) is 11.7. The number of rotatable bonds is 3. The first-order chi connectivity index (χ1) is 28.7. The van der Waals surface area contributed by atoms with Crippen molar-refractivity contribution in [3.05, 3.63) is 204 Å². The molecule has 1 aliphatic rings. The van der Waals surface area contributed by atoms with Gasteiger partial charge in [0, 0.05) is 5.41 Å². The average molecular weight is 767 g/mol. The van der Waals surface area contributed by atoms with Crippen LogP contribution in [0.25, 0.3) is 76.8 Å². The molecule has 0 aromatic heterocycles.